The van der Waals surface area contributed by atoms with Crippen molar-refractivity contribution in [3.63, 3.8) is 0 Å². The largest absolute Gasteiger partial charge is 0.493 e. The van der Waals surface area contributed by atoms with Crippen molar-refractivity contribution in [1.82, 2.24) is 0 Å². The first-order valence-corrected chi connectivity index (χ1v) is 6.56. The SMILES string of the molecule is COc1cc(NCC(=O)OC(C)(C)C)cc(OC)c1OC. The average Bonchev–Trinajstić information content (AvgIpc) is 2.41. The predicted molar refractivity (Wildman–Crippen MR) is 80.4 cm³/mol. The van der Waals surface area contributed by atoms with E-state index >= 15 is 0 Å². The molecular formula is C15H23NO5. The fraction of sp³-hybridized carbons (Fsp3) is 0.533. The third kappa shape index (κ3) is 5.06. The summed E-state index contributed by atoms with van der Waals surface area (Å²) in [4.78, 5) is 11.7. The van der Waals surface area contributed by atoms with E-state index < -0.39 is 5.60 Å². The van der Waals surface area contributed by atoms with Crippen LogP contribution in [0.25, 0.3) is 0 Å². The first-order chi connectivity index (χ1) is 9.80. The van der Waals surface area contributed by atoms with Gasteiger partial charge in [0.1, 0.15) is 12.1 Å². The Labute approximate surface area is 125 Å². The summed E-state index contributed by atoms with van der Waals surface area (Å²) in [6.07, 6.45) is 0. The van der Waals surface area contributed by atoms with E-state index in [4.69, 9.17) is 18.9 Å². The Morgan fingerprint density at radius 1 is 1.05 bits per heavy atom. The van der Waals surface area contributed by atoms with Gasteiger partial charge in [-0.1, -0.05) is 0 Å². The second kappa shape index (κ2) is 7.06. The summed E-state index contributed by atoms with van der Waals surface area (Å²) in [5.74, 6) is 1.20. The Kier molecular flexibility index (Phi) is 5.69. The van der Waals surface area contributed by atoms with Gasteiger partial charge in [0.15, 0.2) is 11.5 Å². The zero-order valence-corrected chi connectivity index (χ0v) is 13.4. The highest BCUT2D eigenvalue weighted by molar-refractivity contribution is 5.76. The molecular weight excluding hydrogens is 274 g/mol. The average molecular weight is 297 g/mol. The second-order valence-electron chi connectivity index (χ2n) is 5.35. The van der Waals surface area contributed by atoms with Crippen molar-refractivity contribution in [2.75, 3.05) is 33.2 Å². The van der Waals surface area contributed by atoms with Gasteiger partial charge in [0.2, 0.25) is 5.75 Å². The van der Waals surface area contributed by atoms with Crippen molar-refractivity contribution in [3.8, 4) is 17.2 Å². The number of rotatable bonds is 6. The van der Waals surface area contributed by atoms with Crippen molar-refractivity contribution >= 4 is 11.7 Å². The summed E-state index contributed by atoms with van der Waals surface area (Å²) in [6.45, 7) is 5.52. The molecule has 1 N–H and O–H groups in total. The molecule has 21 heavy (non-hydrogen) atoms. The molecule has 0 aliphatic heterocycles. The molecule has 0 spiro atoms. The van der Waals surface area contributed by atoms with Crippen LogP contribution in [0, 0.1) is 0 Å². The topological polar surface area (TPSA) is 66.0 Å². The van der Waals surface area contributed by atoms with E-state index in [0.29, 0.717) is 22.9 Å². The third-order valence-corrected chi connectivity index (χ3v) is 2.52. The Morgan fingerprint density at radius 2 is 1.57 bits per heavy atom. The van der Waals surface area contributed by atoms with E-state index in [1.807, 2.05) is 20.8 Å². The van der Waals surface area contributed by atoms with Crippen LogP contribution >= 0.6 is 0 Å². The summed E-state index contributed by atoms with van der Waals surface area (Å²) >= 11 is 0. The summed E-state index contributed by atoms with van der Waals surface area (Å²) in [5, 5.41) is 2.98. The van der Waals surface area contributed by atoms with Gasteiger partial charge in [-0.05, 0) is 20.8 Å². The lowest BCUT2D eigenvalue weighted by Crippen LogP contribution is -2.28. The van der Waals surface area contributed by atoms with Gasteiger partial charge in [-0.15, -0.1) is 0 Å². The van der Waals surface area contributed by atoms with Gasteiger partial charge >= 0.3 is 5.97 Å². The smallest absolute Gasteiger partial charge is 0.325 e. The molecule has 0 aliphatic carbocycles. The number of anilines is 1. The van der Waals surface area contributed by atoms with Crippen LogP contribution in [-0.2, 0) is 9.53 Å². The number of carbonyl (C=O) groups is 1. The maximum Gasteiger partial charge on any atom is 0.325 e. The van der Waals surface area contributed by atoms with E-state index in [2.05, 4.69) is 5.32 Å². The van der Waals surface area contributed by atoms with Crippen molar-refractivity contribution in [2.24, 2.45) is 0 Å². The normalized spacial score (nSPS) is 10.8. The molecule has 0 aliphatic rings. The van der Waals surface area contributed by atoms with E-state index in [0.717, 1.165) is 0 Å². The summed E-state index contributed by atoms with van der Waals surface area (Å²) < 4.78 is 21.0. The molecule has 1 aromatic carbocycles. The van der Waals surface area contributed by atoms with Crippen LogP contribution in [0.4, 0.5) is 5.69 Å². The zero-order chi connectivity index (χ0) is 16.0. The van der Waals surface area contributed by atoms with Crippen molar-refractivity contribution in [2.45, 2.75) is 26.4 Å². The lowest BCUT2D eigenvalue weighted by Gasteiger charge is -2.20. The highest BCUT2D eigenvalue weighted by Gasteiger charge is 2.17. The number of methoxy groups -OCH3 is 3. The van der Waals surface area contributed by atoms with Crippen molar-refractivity contribution in [1.29, 1.82) is 0 Å². The van der Waals surface area contributed by atoms with Gasteiger partial charge in [0, 0.05) is 17.8 Å². The van der Waals surface area contributed by atoms with Crippen LogP contribution in [0.1, 0.15) is 20.8 Å². The molecule has 0 amide bonds. The molecule has 0 radical (unpaired) electrons. The maximum atomic E-state index is 11.7. The van der Waals surface area contributed by atoms with Crippen molar-refractivity contribution < 1.29 is 23.7 Å². The quantitative estimate of drug-likeness (QED) is 0.814. The Balaban J connectivity index is 2.82. The standard InChI is InChI=1S/C15H23NO5/c1-15(2,3)21-13(17)9-16-10-7-11(18-4)14(20-6)12(8-10)19-5/h7-8,16H,9H2,1-6H3. The van der Waals surface area contributed by atoms with Crippen LogP contribution in [0.5, 0.6) is 17.2 Å². The minimum atomic E-state index is -0.506. The molecule has 0 atom stereocenters. The molecule has 1 rings (SSSR count). The Morgan fingerprint density at radius 3 is 1.95 bits per heavy atom. The number of carbonyl (C=O) groups excluding carboxylic acids is 1. The lowest BCUT2D eigenvalue weighted by molar-refractivity contribution is -0.152. The van der Waals surface area contributed by atoms with E-state index in [1.54, 1.807) is 12.1 Å². The fourth-order valence-electron chi connectivity index (χ4n) is 1.73. The summed E-state index contributed by atoms with van der Waals surface area (Å²) in [6, 6.07) is 3.46. The minimum Gasteiger partial charge on any atom is -0.493 e. The number of ether oxygens (including phenoxy) is 4. The van der Waals surface area contributed by atoms with Crippen LogP contribution < -0.4 is 19.5 Å². The molecule has 0 unspecified atom stereocenters. The second-order valence-corrected chi connectivity index (χ2v) is 5.35. The van der Waals surface area contributed by atoms with Gasteiger partial charge in [-0.25, -0.2) is 0 Å². The highest BCUT2D eigenvalue weighted by Crippen LogP contribution is 2.39. The van der Waals surface area contributed by atoms with Gasteiger partial charge in [-0.2, -0.15) is 0 Å². The zero-order valence-electron chi connectivity index (χ0n) is 13.4. The fourth-order valence-corrected chi connectivity index (χ4v) is 1.73. The molecule has 6 nitrogen and oxygen atoms in total. The monoisotopic (exact) mass is 297 g/mol. The number of nitrogens with one attached hydrogen (secondary N) is 1. The first kappa shape index (κ1) is 16.9. The van der Waals surface area contributed by atoms with E-state index in [9.17, 15) is 4.79 Å². The van der Waals surface area contributed by atoms with Crippen LogP contribution in [-0.4, -0.2) is 39.4 Å². The molecule has 1 aromatic rings. The van der Waals surface area contributed by atoms with Gasteiger partial charge in [0.25, 0.3) is 0 Å². The molecule has 0 fully saturated rings. The maximum absolute atomic E-state index is 11.7. The molecule has 0 saturated heterocycles. The lowest BCUT2D eigenvalue weighted by atomic mass is 10.2. The summed E-state index contributed by atoms with van der Waals surface area (Å²) in [5.41, 5.74) is 0.170. The molecule has 0 heterocycles. The molecule has 0 bridgehead atoms. The molecule has 118 valence electrons. The summed E-state index contributed by atoms with van der Waals surface area (Å²) in [7, 11) is 4.61. The van der Waals surface area contributed by atoms with E-state index in [1.165, 1.54) is 21.3 Å². The number of hydrogen-bond acceptors (Lipinski definition) is 6. The molecule has 0 aromatic heterocycles. The first-order valence-electron chi connectivity index (χ1n) is 6.56. The van der Waals surface area contributed by atoms with Gasteiger partial charge in [0.05, 0.1) is 21.3 Å². The number of hydrogen-bond donors (Lipinski definition) is 1. The Bertz CT molecular complexity index is 468. The third-order valence-electron chi connectivity index (χ3n) is 2.52. The van der Waals surface area contributed by atoms with Crippen LogP contribution in [0.3, 0.4) is 0 Å². The van der Waals surface area contributed by atoms with Crippen LogP contribution in [0.2, 0.25) is 0 Å². The number of esters is 1. The number of benzene rings is 1. The predicted octanol–water partition coefficient (Wildman–Crippen LogP) is 2.47. The van der Waals surface area contributed by atoms with Crippen LogP contribution in [0.15, 0.2) is 12.1 Å². The van der Waals surface area contributed by atoms with E-state index in [-0.39, 0.29) is 12.5 Å². The minimum absolute atomic E-state index is 0.0515. The van der Waals surface area contributed by atoms with Gasteiger partial charge < -0.3 is 24.3 Å². The molecule has 6 heteroatoms. The highest BCUT2D eigenvalue weighted by atomic mass is 16.6. The van der Waals surface area contributed by atoms with Gasteiger partial charge in [-0.3, -0.25) is 4.79 Å². The van der Waals surface area contributed by atoms with Crippen molar-refractivity contribution in [3.05, 3.63) is 12.1 Å². The Hall–Kier alpha value is -2.11. The molecule has 0 saturated carbocycles.